The molecule has 0 saturated heterocycles. The second-order valence-electron chi connectivity index (χ2n) is 3.45. The lowest BCUT2D eigenvalue weighted by Gasteiger charge is -2.14. The first-order valence-electron chi connectivity index (χ1n) is 3.21. The molecule has 0 aliphatic heterocycles. The molecule has 0 aromatic carbocycles. The first-order valence-corrected chi connectivity index (χ1v) is 6.92. The summed E-state index contributed by atoms with van der Waals surface area (Å²) in [5, 5.41) is 8.20. The van der Waals surface area contributed by atoms with Gasteiger partial charge >= 0.3 is 5.97 Å². The average Bonchev–Trinajstić information content (AvgIpc) is 1.59. The molecule has 0 aliphatic rings. The van der Waals surface area contributed by atoms with Crippen molar-refractivity contribution in [1.29, 1.82) is 0 Å². The van der Waals surface area contributed by atoms with E-state index in [2.05, 4.69) is 19.6 Å². The number of ether oxygens (including phenoxy) is 1. The Hall–Kier alpha value is -0.353. The molecule has 0 aliphatic carbocycles. The molecular formula is C6H14O3Si. The first-order chi connectivity index (χ1) is 4.42. The summed E-state index contributed by atoms with van der Waals surface area (Å²) in [4.78, 5) is 9.98. The van der Waals surface area contributed by atoms with Gasteiger partial charge in [0.15, 0.2) is 0 Å². The highest BCUT2D eigenvalue weighted by atomic mass is 28.3. The van der Waals surface area contributed by atoms with E-state index in [0.29, 0.717) is 6.23 Å². The van der Waals surface area contributed by atoms with Gasteiger partial charge < -0.3 is 9.84 Å². The third-order valence-electron chi connectivity index (χ3n) is 0.761. The van der Waals surface area contributed by atoms with Crippen LogP contribution in [0.5, 0.6) is 0 Å². The summed E-state index contributed by atoms with van der Waals surface area (Å²) in [5.74, 6) is -0.891. The van der Waals surface area contributed by atoms with Crippen LogP contribution in [0.2, 0.25) is 19.6 Å². The molecule has 0 amide bonds. The molecule has 0 radical (unpaired) electrons. The second kappa shape index (κ2) is 3.73. The van der Waals surface area contributed by atoms with Crippen LogP contribution in [0.3, 0.4) is 0 Å². The van der Waals surface area contributed by atoms with E-state index >= 15 is 0 Å². The molecular weight excluding hydrogens is 148 g/mol. The predicted molar refractivity (Wildman–Crippen MR) is 41.8 cm³/mol. The van der Waals surface area contributed by atoms with E-state index in [1.54, 1.807) is 0 Å². The third-order valence-corrected chi connectivity index (χ3v) is 1.83. The van der Waals surface area contributed by atoms with Gasteiger partial charge in [0, 0.05) is 6.23 Å². The molecule has 0 fully saturated rings. The molecule has 10 heavy (non-hydrogen) atoms. The summed E-state index contributed by atoms with van der Waals surface area (Å²) in [6.07, 6.45) is 0.624. The number of carboxylic acid groups (broad SMARTS) is 1. The van der Waals surface area contributed by atoms with Crippen LogP contribution >= 0.6 is 0 Å². The molecule has 0 unspecified atom stereocenters. The molecule has 0 aromatic rings. The lowest BCUT2D eigenvalue weighted by atomic mass is 10.8. The van der Waals surface area contributed by atoms with Crippen LogP contribution in [0.1, 0.15) is 0 Å². The number of carbonyl (C=O) groups is 1. The zero-order valence-electron chi connectivity index (χ0n) is 6.68. The highest BCUT2D eigenvalue weighted by molar-refractivity contribution is 6.76. The van der Waals surface area contributed by atoms with Crippen LogP contribution in [0, 0.1) is 0 Å². The number of hydrogen-bond acceptors (Lipinski definition) is 2. The molecule has 0 heterocycles. The second-order valence-corrected chi connectivity index (χ2v) is 8.86. The van der Waals surface area contributed by atoms with Gasteiger partial charge in [-0.3, -0.25) is 0 Å². The van der Waals surface area contributed by atoms with Gasteiger partial charge in [-0.1, -0.05) is 19.6 Å². The van der Waals surface area contributed by atoms with Gasteiger partial charge in [0.25, 0.3) is 0 Å². The minimum Gasteiger partial charge on any atom is -0.480 e. The van der Waals surface area contributed by atoms with Crippen molar-refractivity contribution in [1.82, 2.24) is 0 Å². The van der Waals surface area contributed by atoms with E-state index in [9.17, 15) is 4.79 Å². The fourth-order valence-corrected chi connectivity index (χ4v) is 1.16. The normalized spacial score (nSPS) is 11.5. The van der Waals surface area contributed by atoms with E-state index in [4.69, 9.17) is 9.84 Å². The van der Waals surface area contributed by atoms with Crippen molar-refractivity contribution in [2.75, 3.05) is 12.8 Å². The standard InChI is InChI=1S/C6H14O3Si/c1-10(2,3)5-9-4-6(7)8/h4-5H2,1-3H3,(H,7,8). The number of carboxylic acids is 1. The van der Waals surface area contributed by atoms with E-state index in [1.807, 2.05) is 0 Å². The smallest absolute Gasteiger partial charge is 0.329 e. The van der Waals surface area contributed by atoms with Gasteiger partial charge in [-0.15, -0.1) is 0 Å². The van der Waals surface area contributed by atoms with Gasteiger partial charge in [0.1, 0.15) is 6.61 Å². The Kier molecular flexibility index (Phi) is 3.60. The zero-order valence-corrected chi connectivity index (χ0v) is 7.68. The SMILES string of the molecule is C[Si](C)(C)COCC(=O)O. The van der Waals surface area contributed by atoms with Crippen molar-refractivity contribution in [3.05, 3.63) is 0 Å². The summed E-state index contributed by atoms with van der Waals surface area (Å²) in [6.45, 7) is 6.24. The van der Waals surface area contributed by atoms with Gasteiger partial charge in [-0.2, -0.15) is 0 Å². The number of aliphatic carboxylic acids is 1. The number of hydrogen-bond donors (Lipinski definition) is 1. The monoisotopic (exact) mass is 162 g/mol. The largest absolute Gasteiger partial charge is 0.480 e. The fraction of sp³-hybridized carbons (Fsp3) is 0.833. The predicted octanol–water partition coefficient (Wildman–Crippen LogP) is 0.965. The van der Waals surface area contributed by atoms with E-state index in [-0.39, 0.29) is 6.61 Å². The summed E-state index contributed by atoms with van der Waals surface area (Å²) in [7, 11) is -1.21. The average molecular weight is 162 g/mol. The minimum absolute atomic E-state index is 0.162. The highest BCUT2D eigenvalue weighted by Crippen LogP contribution is 1.99. The minimum atomic E-state index is -1.21. The molecule has 0 rings (SSSR count). The van der Waals surface area contributed by atoms with Crippen LogP contribution in [-0.2, 0) is 9.53 Å². The summed E-state index contributed by atoms with van der Waals surface area (Å²) in [5.41, 5.74) is 0. The van der Waals surface area contributed by atoms with Gasteiger partial charge in [0.05, 0.1) is 8.07 Å². The number of rotatable bonds is 4. The van der Waals surface area contributed by atoms with Crippen LogP contribution in [0.4, 0.5) is 0 Å². The fourth-order valence-electron chi connectivity index (χ4n) is 0.445. The molecule has 3 nitrogen and oxygen atoms in total. The summed E-state index contributed by atoms with van der Waals surface area (Å²) >= 11 is 0. The Morgan fingerprint density at radius 3 is 2.30 bits per heavy atom. The van der Waals surface area contributed by atoms with Gasteiger partial charge in [-0.25, -0.2) is 4.79 Å². The van der Waals surface area contributed by atoms with Crippen molar-refractivity contribution < 1.29 is 14.6 Å². The van der Waals surface area contributed by atoms with Crippen molar-refractivity contribution in [3.8, 4) is 0 Å². The Balaban J connectivity index is 3.29. The molecule has 0 atom stereocenters. The van der Waals surface area contributed by atoms with Crippen LogP contribution < -0.4 is 0 Å². The summed E-state index contributed by atoms with van der Waals surface area (Å²) in [6, 6.07) is 0. The Morgan fingerprint density at radius 2 is 2.00 bits per heavy atom. The Morgan fingerprint density at radius 1 is 1.50 bits per heavy atom. The lowest BCUT2D eigenvalue weighted by Crippen LogP contribution is -2.29. The van der Waals surface area contributed by atoms with E-state index < -0.39 is 14.0 Å². The molecule has 0 bridgehead atoms. The molecule has 4 heteroatoms. The van der Waals surface area contributed by atoms with Crippen molar-refractivity contribution in [3.63, 3.8) is 0 Å². The topological polar surface area (TPSA) is 46.5 Å². The van der Waals surface area contributed by atoms with Crippen molar-refractivity contribution in [2.24, 2.45) is 0 Å². The van der Waals surface area contributed by atoms with Crippen LogP contribution in [0.15, 0.2) is 0 Å². The van der Waals surface area contributed by atoms with Gasteiger partial charge in [0.2, 0.25) is 0 Å². The highest BCUT2D eigenvalue weighted by Gasteiger charge is 2.13. The molecule has 0 saturated carbocycles. The summed E-state index contributed by atoms with van der Waals surface area (Å²) < 4.78 is 4.92. The van der Waals surface area contributed by atoms with Crippen molar-refractivity contribution in [2.45, 2.75) is 19.6 Å². The Bertz CT molecular complexity index is 117. The molecule has 0 spiro atoms. The van der Waals surface area contributed by atoms with E-state index in [0.717, 1.165) is 0 Å². The van der Waals surface area contributed by atoms with E-state index in [1.165, 1.54) is 0 Å². The molecule has 0 aromatic heterocycles. The van der Waals surface area contributed by atoms with Crippen LogP contribution in [0.25, 0.3) is 0 Å². The Labute approximate surface area is 62.0 Å². The third kappa shape index (κ3) is 7.65. The molecule has 1 N–H and O–H groups in total. The quantitative estimate of drug-likeness (QED) is 0.626. The zero-order chi connectivity index (χ0) is 8.20. The first kappa shape index (κ1) is 9.65. The molecule has 60 valence electrons. The lowest BCUT2D eigenvalue weighted by molar-refractivity contribution is -0.141. The van der Waals surface area contributed by atoms with Crippen LogP contribution in [-0.4, -0.2) is 32.0 Å². The maximum absolute atomic E-state index is 9.98. The van der Waals surface area contributed by atoms with Gasteiger partial charge in [-0.05, 0) is 0 Å². The van der Waals surface area contributed by atoms with Crippen molar-refractivity contribution >= 4 is 14.0 Å². The maximum atomic E-state index is 9.98. The maximum Gasteiger partial charge on any atom is 0.329 e.